The third-order valence-corrected chi connectivity index (χ3v) is 6.45. The zero-order valence-electron chi connectivity index (χ0n) is 15.5. The summed E-state index contributed by atoms with van der Waals surface area (Å²) < 4.78 is 7.38. The van der Waals surface area contributed by atoms with E-state index in [0.717, 1.165) is 51.0 Å². The molecule has 2 aliphatic heterocycles. The van der Waals surface area contributed by atoms with Crippen LogP contribution in [0.15, 0.2) is 12.4 Å². The van der Waals surface area contributed by atoms with Gasteiger partial charge >= 0.3 is 0 Å². The van der Waals surface area contributed by atoms with Crippen molar-refractivity contribution in [2.45, 2.75) is 44.6 Å². The lowest BCUT2D eigenvalue weighted by Gasteiger charge is -2.41. The number of ether oxygens (including phenoxy) is 1. The molecule has 2 saturated heterocycles. The van der Waals surface area contributed by atoms with Gasteiger partial charge in [-0.2, -0.15) is 9.61 Å². The van der Waals surface area contributed by atoms with Crippen LogP contribution in [0, 0.1) is 5.92 Å². The summed E-state index contributed by atoms with van der Waals surface area (Å²) in [6, 6.07) is 2.92. The molecular weight excluding hydrogens is 328 g/mol. The number of hydrogen-bond donors (Lipinski definition) is 0. The lowest BCUT2D eigenvalue weighted by molar-refractivity contribution is 0.00449. The normalized spacial score (nSPS) is 24.3. The molecule has 0 N–H and O–H groups in total. The van der Waals surface area contributed by atoms with Gasteiger partial charge in [0.1, 0.15) is 6.33 Å². The molecule has 1 saturated carbocycles. The molecule has 3 aliphatic rings. The number of morpholine rings is 1. The van der Waals surface area contributed by atoms with E-state index >= 15 is 0 Å². The van der Waals surface area contributed by atoms with E-state index in [4.69, 9.17) is 9.84 Å². The van der Waals surface area contributed by atoms with Gasteiger partial charge in [-0.15, -0.1) is 10.2 Å². The zero-order chi connectivity index (χ0) is 17.5. The van der Waals surface area contributed by atoms with Crippen LogP contribution in [0.5, 0.6) is 0 Å². The summed E-state index contributed by atoms with van der Waals surface area (Å²) in [5, 5.41) is 13.1. The highest BCUT2D eigenvalue weighted by molar-refractivity contribution is 5.68. The molecule has 7 nitrogen and oxygen atoms in total. The fourth-order valence-electron chi connectivity index (χ4n) is 4.55. The first-order valence-electron chi connectivity index (χ1n) is 10.1. The minimum Gasteiger partial charge on any atom is -0.379 e. The zero-order valence-corrected chi connectivity index (χ0v) is 15.5. The number of hydrogen-bond acceptors (Lipinski definition) is 6. The first kappa shape index (κ1) is 16.4. The summed E-state index contributed by atoms with van der Waals surface area (Å²) in [6.45, 7) is 8.52. The maximum atomic E-state index is 5.51. The van der Waals surface area contributed by atoms with Crippen LogP contribution < -0.4 is 4.90 Å². The molecule has 1 unspecified atom stereocenters. The minimum absolute atomic E-state index is 0.638. The lowest BCUT2D eigenvalue weighted by atomic mass is 9.89. The highest BCUT2D eigenvalue weighted by atomic mass is 16.5. The third-order valence-electron chi connectivity index (χ3n) is 6.45. The van der Waals surface area contributed by atoms with E-state index in [-0.39, 0.29) is 0 Å². The molecule has 0 spiro atoms. The summed E-state index contributed by atoms with van der Waals surface area (Å²) in [4.78, 5) is 5.11. The molecule has 5 rings (SSSR count). The molecular formula is C19H28N6O. The molecule has 1 aliphatic carbocycles. The van der Waals surface area contributed by atoms with Crippen LogP contribution in [0.1, 0.15) is 44.2 Å². The van der Waals surface area contributed by atoms with Crippen molar-refractivity contribution in [3.05, 3.63) is 18.1 Å². The van der Waals surface area contributed by atoms with Crippen molar-refractivity contribution in [3.63, 3.8) is 0 Å². The van der Waals surface area contributed by atoms with Crippen molar-refractivity contribution in [2.75, 3.05) is 44.3 Å². The standard InChI is InChI=1S/C19H28N6O/c1-14(23-8-10-26-11-9-23)15-4-6-24(7-5-15)18-12-17(16-2-3-16)22-25-13-20-21-19(18)25/h12-16H,2-11H2,1H3. The van der Waals surface area contributed by atoms with E-state index in [1.54, 1.807) is 6.33 Å². The Morgan fingerprint density at radius 3 is 2.58 bits per heavy atom. The van der Waals surface area contributed by atoms with Gasteiger partial charge in [0.25, 0.3) is 0 Å². The molecule has 0 radical (unpaired) electrons. The van der Waals surface area contributed by atoms with Crippen LogP contribution in [-0.2, 0) is 4.74 Å². The Kier molecular flexibility index (Phi) is 4.29. The molecule has 3 fully saturated rings. The van der Waals surface area contributed by atoms with Crippen LogP contribution in [0.25, 0.3) is 5.65 Å². The number of fused-ring (bicyclic) bond motifs is 1. The summed E-state index contributed by atoms with van der Waals surface area (Å²) >= 11 is 0. The quantitative estimate of drug-likeness (QED) is 0.834. The number of piperidine rings is 1. The summed E-state index contributed by atoms with van der Waals surface area (Å²) in [5.41, 5.74) is 3.32. The second kappa shape index (κ2) is 6.78. The van der Waals surface area contributed by atoms with Gasteiger partial charge in [0.2, 0.25) is 5.65 Å². The fourth-order valence-corrected chi connectivity index (χ4v) is 4.55. The SMILES string of the molecule is CC(C1CCN(c2cc(C3CC3)nn3cnnc23)CC1)N1CCOCC1. The van der Waals surface area contributed by atoms with Gasteiger partial charge < -0.3 is 9.64 Å². The Morgan fingerprint density at radius 1 is 1.08 bits per heavy atom. The maximum absolute atomic E-state index is 5.51. The molecule has 140 valence electrons. The Labute approximate surface area is 154 Å². The van der Waals surface area contributed by atoms with Crippen molar-refractivity contribution in [1.29, 1.82) is 0 Å². The summed E-state index contributed by atoms with van der Waals surface area (Å²) in [7, 11) is 0. The predicted molar refractivity (Wildman–Crippen MR) is 99.5 cm³/mol. The minimum atomic E-state index is 0.638. The van der Waals surface area contributed by atoms with E-state index in [0.29, 0.717) is 12.0 Å². The van der Waals surface area contributed by atoms with E-state index in [2.05, 4.69) is 33.0 Å². The van der Waals surface area contributed by atoms with Crippen LogP contribution in [-0.4, -0.2) is 70.1 Å². The topological polar surface area (TPSA) is 58.8 Å². The molecule has 1 atom stereocenters. The molecule has 7 heteroatoms. The highest BCUT2D eigenvalue weighted by Crippen LogP contribution is 2.40. The van der Waals surface area contributed by atoms with E-state index in [1.165, 1.54) is 37.1 Å². The van der Waals surface area contributed by atoms with Crippen LogP contribution in [0.3, 0.4) is 0 Å². The van der Waals surface area contributed by atoms with Gasteiger partial charge in [-0.05, 0) is 44.6 Å². The van der Waals surface area contributed by atoms with Crippen molar-refractivity contribution in [1.82, 2.24) is 24.7 Å². The molecule has 2 aromatic rings. The summed E-state index contributed by atoms with van der Waals surface area (Å²) in [6.07, 6.45) is 6.73. The second-order valence-electron chi connectivity index (χ2n) is 8.04. The molecule has 2 aromatic heterocycles. The first-order valence-corrected chi connectivity index (χ1v) is 10.1. The number of rotatable bonds is 4. The van der Waals surface area contributed by atoms with Gasteiger partial charge in [0.05, 0.1) is 24.6 Å². The number of nitrogens with zero attached hydrogens (tertiary/aromatic N) is 6. The average molecular weight is 356 g/mol. The van der Waals surface area contributed by atoms with Crippen molar-refractivity contribution < 1.29 is 4.74 Å². The van der Waals surface area contributed by atoms with Gasteiger partial charge in [-0.3, -0.25) is 4.90 Å². The van der Waals surface area contributed by atoms with Gasteiger partial charge in [0, 0.05) is 38.1 Å². The fraction of sp³-hybridized carbons (Fsp3) is 0.737. The smallest absolute Gasteiger partial charge is 0.200 e. The van der Waals surface area contributed by atoms with Crippen molar-refractivity contribution >= 4 is 11.3 Å². The van der Waals surface area contributed by atoms with Gasteiger partial charge in [-0.1, -0.05) is 0 Å². The largest absolute Gasteiger partial charge is 0.379 e. The molecule has 4 heterocycles. The van der Waals surface area contributed by atoms with Crippen LogP contribution >= 0.6 is 0 Å². The lowest BCUT2D eigenvalue weighted by Crippen LogP contribution is -2.48. The third kappa shape index (κ3) is 3.07. The van der Waals surface area contributed by atoms with Gasteiger partial charge in [-0.25, -0.2) is 0 Å². The molecule has 0 bridgehead atoms. The Hall–Kier alpha value is -1.73. The highest BCUT2D eigenvalue weighted by Gasteiger charge is 2.31. The first-order chi connectivity index (χ1) is 12.8. The predicted octanol–water partition coefficient (Wildman–Crippen LogP) is 1.94. The molecule has 0 amide bonds. The van der Waals surface area contributed by atoms with Crippen molar-refractivity contribution in [3.8, 4) is 0 Å². The van der Waals surface area contributed by atoms with Crippen LogP contribution in [0.4, 0.5) is 5.69 Å². The maximum Gasteiger partial charge on any atom is 0.200 e. The monoisotopic (exact) mass is 356 g/mol. The van der Waals surface area contributed by atoms with Crippen LogP contribution in [0.2, 0.25) is 0 Å². The Bertz CT molecular complexity index is 758. The summed E-state index contributed by atoms with van der Waals surface area (Å²) in [5.74, 6) is 1.41. The Balaban J connectivity index is 1.31. The van der Waals surface area contributed by atoms with Crippen molar-refractivity contribution in [2.24, 2.45) is 5.92 Å². The Morgan fingerprint density at radius 2 is 1.85 bits per heavy atom. The number of anilines is 1. The molecule has 0 aromatic carbocycles. The van der Waals surface area contributed by atoms with Gasteiger partial charge in [0.15, 0.2) is 0 Å². The van der Waals surface area contributed by atoms with E-state index < -0.39 is 0 Å². The molecule has 26 heavy (non-hydrogen) atoms. The van der Waals surface area contributed by atoms with E-state index in [9.17, 15) is 0 Å². The average Bonchev–Trinajstić information content (AvgIpc) is 3.45. The second-order valence-corrected chi connectivity index (χ2v) is 8.04. The van der Waals surface area contributed by atoms with E-state index in [1.807, 2.05) is 4.52 Å². The number of aromatic nitrogens is 4.